The molecule has 30 heavy (non-hydrogen) atoms. The Bertz CT molecular complexity index is 752. The summed E-state index contributed by atoms with van der Waals surface area (Å²) in [6.45, 7) is 8.83. The number of piperidine rings is 1. The van der Waals surface area contributed by atoms with Crippen molar-refractivity contribution in [2.75, 3.05) is 32.1 Å². The van der Waals surface area contributed by atoms with Gasteiger partial charge in [-0.25, -0.2) is 14.6 Å². The molecule has 1 aliphatic rings. The number of aromatic nitrogens is 1. The van der Waals surface area contributed by atoms with Gasteiger partial charge in [-0.2, -0.15) is 0 Å². The molecule has 1 N–H and O–H groups in total. The molecule has 9 heteroatoms. The van der Waals surface area contributed by atoms with Gasteiger partial charge in [0.1, 0.15) is 18.5 Å². The molecule has 0 aliphatic carbocycles. The Morgan fingerprint density at radius 1 is 1.30 bits per heavy atom. The molecular formula is C21H32N4O5. The van der Waals surface area contributed by atoms with Gasteiger partial charge in [-0.15, -0.1) is 0 Å². The Morgan fingerprint density at radius 2 is 2.00 bits per heavy atom. The molecule has 1 aromatic heterocycles. The van der Waals surface area contributed by atoms with E-state index in [0.717, 1.165) is 24.1 Å². The molecule has 1 fully saturated rings. The predicted octanol–water partition coefficient (Wildman–Crippen LogP) is 3.84. The fourth-order valence-electron chi connectivity index (χ4n) is 3.22. The summed E-state index contributed by atoms with van der Waals surface area (Å²) in [5.41, 5.74) is 1.34. The zero-order chi connectivity index (χ0) is 22.1. The van der Waals surface area contributed by atoms with Crippen LogP contribution >= 0.6 is 0 Å². The second kappa shape index (κ2) is 10.8. The number of pyridine rings is 1. The molecule has 1 aliphatic heterocycles. The van der Waals surface area contributed by atoms with Gasteiger partial charge in [-0.05, 0) is 58.2 Å². The first-order valence-corrected chi connectivity index (χ1v) is 10.2. The highest BCUT2D eigenvalue weighted by Gasteiger charge is 2.29. The Morgan fingerprint density at radius 3 is 2.60 bits per heavy atom. The zero-order valence-electron chi connectivity index (χ0n) is 18.4. The number of amides is 2. The molecule has 1 aromatic rings. The van der Waals surface area contributed by atoms with Crippen molar-refractivity contribution in [3.63, 3.8) is 0 Å². The number of rotatable bonds is 6. The second-order valence-electron chi connectivity index (χ2n) is 8.08. The van der Waals surface area contributed by atoms with E-state index in [1.165, 1.54) is 7.11 Å². The number of nitrogens with one attached hydrogen (secondary N) is 1. The van der Waals surface area contributed by atoms with Gasteiger partial charge in [0.15, 0.2) is 0 Å². The molecule has 0 saturated carbocycles. The first-order valence-electron chi connectivity index (χ1n) is 10.2. The van der Waals surface area contributed by atoms with Crippen molar-refractivity contribution in [2.24, 2.45) is 11.1 Å². The van der Waals surface area contributed by atoms with Crippen molar-refractivity contribution < 1.29 is 23.9 Å². The molecular weight excluding hydrogens is 388 g/mol. The van der Waals surface area contributed by atoms with Crippen LogP contribution in [0, 0.1) is 5.92 Å². The Labute approximate surface area is 177 Å². The molecule has 1 saturated heterocycles. The van der Waals surface area contributed by atoms with Crippen LogP contribution in [-0.4, -0.2) is 60.2 Å². The van der Waals surface area contributed by atoms with Crippen LogP contribution in [-0.2, 0) is 20.7 Å². The summed E-state index contributed by atoms with van der Waals surface area (Å²) in [5.74, 6) is 0.612. The Balaban J connectivity index is 1.98. The fraction of sp³-hybridized carbons (Fsp3) is 0.619. The van der Waals surface area contributed by atoms with Gasteiger partial charge in [0.2, 0.25) is 0 Å². The number of hydrogen-bond donors (Lipinski definition) is 1. The molecule has 0 bridgehead atoms. The standard InChI is InChI=1S/C21H32N4O5/c1-6-29-19(26)23-18-14-15(7-10-22-18)13-17(24-28-5)16-8-11-25(12-9-16)20(27)30-21(2,3)4/h7,10,14,16H,6,8-9,11-13H2,1-5H3,(H,22,23,26)/b24-17-. The molecule has 2 heterocycles. The third kappa shape index (κ3) is 7.53. The summed E-state index contributed by atoms with van der Waals surface area (Å²) < 4.78 is 10.3. The molecule has 0 unspecified atom stereocenters. The number of oxime groups is 1. The summed E-state index contributed by atoms with van der Waals surface area (Å²) in [6, 6.07) is 3.66. The first-order chi connectivity index (χ1) is 14.2. The summed E-state index contributed by atoms with van der Waals surface area (Å²) >= 11 is 0. The van der Waals surface area contributed by atoms with Gasteiger partial charge in [-0.3, -0.25) is 5.32 Å². The van der Waals surface area contributed by atoms with Gasteiger partial charge < -0.3 is 19.2 Å². The first kappa shape index (κ1) is 23.4. The largest absolute Gasteiger partial charge is 0.450 e. The maximum Gasteiger partial charge on any atom is 0.412 e. The van der Waals surface area contributed by atoms with Crippen molar-refractivity contribution in [3.8, 4) is 0 Å². The van der Waals surface area contributed by atoms with E-state index >= 15 is 0 Å². The highest BCUT2D eigenvalue weighted by molar-refractivity contribution is 5.89. The maximum absolute atomic E-state index is 12.3. The quantitative estimate of drug-likeness (QED) is 0.554. The average Bonchev–Trinajstić information content (AvgIpc) is 2.67. The minimum Gasteiger partial charge on any atom is -0.450 e. The number of likely N-dealkylation sites (tertiary alicyclic amines) is 1. The summed E-state index contributed by atoms with van der Waals surface area (Å²) in [7, 11) is 1.52. The van der Waals surface area contributed by atoms with Gasteiger partial charge in [0.25, 0.3) is 0 Å². The monoisotopic (exact) mass is 420 g/mol. The number of carbonyl (C=O) groups is 2. The number of nitrogens with zero attached hydrogens (tertiary/aromatic N) is 3. The van der Waals surface area contributed by atoms with E-state index < -0.39 is 11.7 Å². The van der Waals surface area contributed by atoms with E-state index in [0.29, 0.717) is 25.3 Å². The zero-order valence-corrected chi connectivity index (χ0v) is 18.4. The van der Waals surface area contributed by atoms with Gasteiger partial charge in [-0.1, -0.05) is 5.16 Å². The van der Waals surface area contributed by atoms with Crippen LogP contribution < -0.4 is 5.32 Å². The lowest BCUT2D eigenvalue weighted by Gasteiger charge is -2.33. The van der Waals surface area contributed by atoms with Crippen LogP contribution in [0.2, 0.25) is 0 Å². The molecule has 9 nitrogen and oxygen atoms in total. The molecule has 2 rings (SSSR count). The van der Waals surface area contributed by atoms with E-state index in [-0.39, 0.29) is 18.6 Å². The number of ether oxygens (including phenoxy) is 2. The Kier molecular flexibility index (Phi) is 8.44. The fourth-order valence-corrected chi connectivity index (χ4v) is 3.22. The maximum atomic E-state index is 12.3. The molecule has 166 valence electrons. The number of carbonyl (C=O) groups excluding carboxylic acids is 2. The van der Waals surface area contributed by atoms with Crippen LogP contribution in [0.3, 0.4) is 0 Å². The van der Waals surface area contributed by atoms with Crippen LogP contribution in [0.15, 0.2) is 23.5 Å². The molecule has 0 spiro atoms. The average molecular weight is 421 g/mol. The Hall–Kier alpha value is -2.84. The van der Waals surface area contributed by atoms with Crippen LogP contribution in [0.1, 0.15) is 46.1 Å². The van der Waals surface area contributed by atoms with Crippen LogP contribution in [0.5, 0.6) is 0 Å². The van der Waals surface area contributed by atoms with E-state index in [2.05, 4.69) is 15.5 Å². The van der Waals surface area contributed by atoms with Crippen LogP contribution in [0.25, 0.3) is 0 Å². The topological polar surface area (TPSA) is 102 Å². The molecule has 0 aromatic carbocycles. The van der Waals surface area contributed by atoms with E-state index in [9.17, 15) is 9.59 Å². The molecule has 0 radical (unpaired) electrons. The lowest BCUT2D eigenvalue weighted by atomic mass is 9.89. The van der Waals surface area contributed by atoms with Crippen molar-refractivity contribution in [3.05, 3.63) is 23.9 Å². The number of anilines is 1. The summed E-state index contributed by atoms with van der Waals surface area (Å²) in [5, 5.41) is 6.85. The molecule has 0 atom stereocenters. The number of hydrogen-bond acceptors (Lipinski definition) is 7. The summed E-state index contributed by atoms with van der Waals surface area (Å²) in [6.07, 6.45) is 2.93. The minimum atomic E-state index is -0.539. The van der Waals surface area contributed by atoms with Gasteiger partial charge in [0, 0.05) is 31.6 Å². The highest BCUT2D eigenvalue weighted by Crippen LogP contribution is 2.23. The second-order valence-corrected chi connectivity index (χ2v) is 8.08. The SMILES string of the molecule is CCOC(=O)Nc1cc(C/C(=N/OC)C2CCN(C(=O)OC(C)(C)C)CC2)ccn1. The van der Waals surface area contributed by atoms with Crippen molar-refractivity contribution >= 4 is 23.7 Å². The van der Waals surface area contributed by atoms with E-state index in [1.807, 2.05) is 26.8 Å². The van der Waals surface area contributed by atoms with Crippen molar-refractivity contribution in [2.45, 2.75) is 52.6 Å². The third-order valence-corrected chi connectivity index (χ3v) is 4.54. The molecule has 2 amide bonds. The minimum absolute atomic E-state index is 0.193. The van der Waals surface area contributed by atoms with Crippen LogP contribution in [0.4, 0.5) is 15.4 Å². The highest BCUT2D eigenvalue weighted by atomic mass is 16.6. The predicted molar refractivity (Wildman–Crippen MR) is 114 cm³/mol. The van der Waals surface area contributed by atoms with Crippen molar-refractivity contribution in [1.82, 2.24) is 9.88 Å². The van der Waals surface area contributed by atoms with E-state index in [4.69, 9.17) is 14.3 Å². The lowest BCUT2D eigenvalue weighted by molar-refractivity contribution is 0.0200. The van der Waals surface area contributed by atoms with E-state index in [1.54, 1.807) is 24.1 Å². The normalized spacial score (nSPS) is 15.5. The third-order valence-electron chi connectivity index (χ3n) is 4.54. The summed E-state index contributed by atoms with van der Waals surface area (Å²) in [4.78, 5) is 34.8. The lowest BCUT2D eigenvalue weighted by Crippen LogP contribution is -2.43. The van der Waals surface area contributed by atoms with Crippen molar-refractivity contribution in [1.29, 1.82) is 0 Å². The smallest absolute Gasteiger partial charge is 0.412 e. The van der Waals surface area contributed by atoms with Gasteiger partial charge in [0.05, 0.1) is 12.3 Å². The van der Waals surface area contributed by atoms with Gasteiger partial charge >= 0.3 is 12.2 Å².